The number of aromatic nitrogens is 2. The summed E-state index contributed by atoms with van der Waals surface area (Å²) in [7, 11) is 0. The molecule has 0 bridgehead atoms. The Labute approximate surface area is 114 Å². The van der Waals surface area contributed by atoms with E-state index in [2.05, 4.69) is 15.3 Å². The van der Waals surface area contributed by atoms with Gasteiger partial charge < -0.3 is 5.32 Å². The minimum absolute atomic E-state index is 0.151. The smallest absolute Gasteiger partial charge is 0.149 e. The molecule has 0 aliphatic heterocycles. The molecular formula is C15H11F2N3. The molecule has 1 N–H and O–H groups in total. The van der Waals surface area contributed by atoms with Crippen LogP contribution < -0.4 is 5.32 Å². The molecule has 5 heteroatoms. The van der Waals surface area contributed by atoms with Crippen molar-refractivity contribution in [2.45, 2.75) is 6.54 Å². The minimum atomic E-state index is -0.626. The van der Waals surface area contributed by atoms with Crippen LogP contribution in [0.4, 0.5) is 14.5 Å². The SMILES string of the molecule is Fc1cccc(F)c1NCc1cnc2ccccc2n1. The van der Waals surface area contributed by atoms with Crippen LogP contribution in [0.2, 0.25) is 0 Å². The van der Waals surface area contributed by atoms with E-state index in [4.69, 9.17) is 0 Å². The van der Waals surface area contributed by atoms with Crippen LogP contribution in [0.3, 0.4) is 0 Å². The Morgan fingerprint density at radius 1 is 0.900 bits per heavy atom. The van der Waals surface area contributed by atoms with E-state index in [1.807, 2.05) is 24.3 Å². The van der Waals surface area contributed by atoms with Crippen molar-refractivity contribution in [1.29, 1.82) is 0 Å². The highest BCUT2D eigenvalue weighted by Gasteiger charge is 2.08. The molecule has 0 saturated heterocycles. The van der Waals surface area contributed by atoms with E-state index < -0.39 is 11.6 Å². The summed E-state index contributed by atoms with van der Waals surface area (Å²) in [4.78, 5) is 8.63. The lowest BCUT2D eigenvalue weighted by atomic mass is 10.2. The molecule has 0 aliphatic carbocycles. The molecule has 3 rings (SSSR count). The first-order chi connectivity index (χ1) is 9.74. The lowest BCUT2D eigenvalue weighted by molar-refractivity contribution is 0.588. The van der Waals surface area contributed by atoms with Crippen molar-refractivity contribution in [3.05, 3.63) is 66.0 Å². The number of benzene rings is 2. The molecule has 100 valence electrons. The quantitative estimate of drug-likeness (QED) is 0.792. The van der Waals surface area contributed by atoms with Crippen LogP contribution in [-0.2, 0) is 6.54 Å². The molecule has 0 unspecified atom stereocenters. The Hall–Kier alpha value is -2.56. The van der Waals surface area contributed by atoms with Gasteiger partial charge in [0, 0.05) is 0 Å². The Bertz CT molecular complexity index is 739. The van der Waals surface area contributed by atoms with Gasteiger partial charge in [0.15, 0.2) is 0 Å². The number of hydrogen-bond donors (Lipinski definition) is 1. The van der Waals surface area contributed by atoms with Gasteiger partial charge in [-0.1, -0.05) is 18.2 Å². The van der Waals surface area contributed by atoms with E-state index in [1.54, 1.807) is 6.20 Å². The van der Waals surface area contributed by atoms with E-state index in [0.717, 1.165) is 11.0 Å². The van der Waals surface area contributed by atoms with Gasteiger partial charge in [-0.25, -0.2) is 13.8 Å². The first kappa shape index (κ1) is 12.5. The van der Waals surface area contributed by atoms with E-state index in [0.29, 0.717) is 5.69 Å². The predicted octanol–water partition coefficient (Wildman–Crippen LogP) is 3.52. The first-order valence-electron chi connectivity index (χ1n) is 6.12. The summed E-state index contributed by atoms with van der Waals surface area (Å²) in [5, 5.41) is 2.71. The molecule has 2 aromatic carbocycles. The second-order valence-electron chi connectivity index (χ2n) is 4.30. The number of para-hydroxylation sites is 3. The van der Waals surface area contributed by atoms with Crippen molar-refractivity contribution in [3.8, 4) is 0 Å². The Kier molecular flexibility index (Phi) is 3.25. The third-order valence-electron chi connectivity index (χ3n) is 2.91. The van der Waals surface area contributed by atoms with Gasteiger partial charge in [-0.2, -0.15) is 0 Å². The fraction of sp³-hybridized carbons (Fsp3) is 0.0667. The number of anilines is 1. The molecule has 0 radical (unpaired) electrons. The molecule has 3 nitrogen and oxygen atoms in total. The van der Waals surface area contributed by atoms with E-state index in [1.165, 1.54) is 18.2 Å². The number of rotatable bonds is 3. The van der Waals surface area contributed by atoms with Crippen molar-refractivity contribution < 1.29 is 8.78 Å². The molecule has 0 spiro atoms. The maximum atomic E-state index is 13.5. The maximum Gasteiger partial charge on any atom is 0.149 e. The molecule has 0 aliphatic rings. The third-order valence-corrected chi connectivity index (χ3v) is 2.91. The van der Waals surface area contributed by atoms with Crippen LogP contribution in [0.15, 0.2) is 48.7 Å². The summed E-state index contributed by atoms with van der Waals surface area (Å²) in [6.07, 6.45) is 1.59. The van der Waals surface area contributed by atoms with Crippen LogP contribution in [0.5, 0.6) is 0 Å². The fourth-order valence-electron chi connectivity index (χ4n) is 1.93. The van der Waals surface area contributed by atoms with Gasteiger partial charge in [0.2, 0.25) is 0 Å². The second-order valence-corrected chi connectivity index (χ2v) is 4.30. The van der Waals surface area contributed by atoms with Gasteiger partial charge in [0.1, 0.15) is 17.3 Å². The molecule has 0 saturated carbocycles. The molecule has 3 aromatic rings. The summed E-state index contributed by atoms with van der Waals surface area (Å²) in [5.41, 5.74) is 2.00. The van der Waals surface area contributed by atoms with E-state index >= 15 is 0 Å². The van der Waals surface area contributed by atoms with Gasteiger partial charge >= 0.3 is 0 Å². The maximum absolute atomic E-state index is 13.5. The first-order valence-corrected chi connectivity index (χ1v) is 6.12. The zero-order valence-corrected chi connectivity index (χ0v) is 10.5. The summed E-state index contributed by atoms with van der Waals surface area (Å²) in [6, 6.07) is 11.2. The molecule has 1 aromatic heterocycles. The third kappa shape index (κ3) is 2.42. The summed E-state index contributed by atoms with van der Waals surface area (Å²) >= 11 is 0. The highest BCUT2D eigenvalue weighted by atomic mass is 19.1. The van der Waals surface area contributed by atoms with Gasteiger partial charge in [-0.05, 0) is 24.3 Å². The fourth-order valence-corrected chi connectivity index (χ4v) is 1.93. The van der Waals surface area contributed by atoms with Crippen LogP contribution in [-0.4, -0.2) is 9.97 Å². The Balaban J connectivity index is 1.83. The van der Waals surface area contributed by atoms with Gasteiger partial charge in [-0.3, -0.25) is 4.98 Å². The van der Waals surface area contributed by atoms with Crippen molar-refractivity contribution in [2.75, 3.05) is 5.32 Å². The lowest BCUT2D eigenvalue weighted by Crippen LogP contribution is -2.05. The highest BCUT2D eigenvalue weighted by Crippen LogP contribution is 2.18. The minimum Gasteiger partial charge on any atom is -0.375 e. The number of nitrogens with one attached hydrogen (secondary N) is 1. The van der Waals surface area contributed by atoms with Gasteiger partial charge in [0.05, 0.1) is 29.5 Å². The average molecular weight is 271 g/mol. The number of nitrogens with zero attached hydrogens (tertiary/aromatic N) is 2. The standard InChI is InChI=1S/C15H11F2N3/c16-11-4-3-5-12(17)15(11)19-9-10-8-18-13-6-1-2-7-14(13)20-10/h1-8,19H,9H2. The molecular weight excluding hydrogens is 260 g/mol. The van der Waals surface area contributed by atoms with Gasteiger partial charge in [0.25, 0.3) is 0 Å². The normalized spacial score (nSPS) is 10.7. The highest BCUT2D eigenvalue weighted by molar-refractivity contribution is 5.73. The van der Waals surface area contributed by atoms with E-state index in [9.17, 15) is 8.78 Å². The monoisotopic (exact) mass is 271 g/mol. The van der Waals surface area contributed by atoms with Crippen molar-refractivity contribution in [1.82, 2.24) is 9.97 Å². The van der Waals surface area contributed by atoms with E-state index in [-0.39, 0.29) is 12.2 Å². The zero-order chi connectivity index (χ0) is 13.9. The van der Waals surface area contributed by atoms with Crippen LogP contribution >= 0.6 is 0 Å². The summed E-state index contributed by atoms with van der Waals surface area (Å²) in [6.45, 7) is 0.204. The summed E-state index contributed by atoms with van der Waals surface area (Å²) in [5.74, 6) is -1.25. The summed E-state index contributed by atoms with van der Waals surface area (Å²) < 4.78 is 26.9. The van der Waals surface area contributed by atoms with Crippen LogP contribution in [0, 0.1) is 11.6 Å². The Morgan fingerprint density at radius 2 is 1.60 bits per heavy atom. The molecule has 0 fully saturated rings. The topological polar surface area (TPSA) is 37.8 Å². The lowest BCUT2D eigenvalue weighted by Gasteiger charge is -2.08. The van der Waals surface area contributed by atoms with Crippen molar-refractivity contribution >= 4 is 16.7 Å². The van der Waals surface area contributed by atoms with Crippen molar-refractivity contribution in [3.63, 3.8) is 0 Å². The second kappa shape index (κ2) is 5.21. The molecule has 0 atom stereocenters. The molecule has 20 heavy (non-hydrogen) atoms. The number of fused-ring (bicyclic) bond motifs is 1. The predicted molar refractivity (Wildman–Crippen MR) is 73.2 cm³/mol. The molecule has 0 amide bonds. The number of halogens is 2. The number of hydrogen-bond acceptors (Lipinski definition) is 3. The largest absolute Gasteiger partial charge is 0.375 e. The average Bonchev–Trinajstić information content (AvgIpc) is 2.46. The Morgan fingerprint density at radius 3 is 2.35 bits per heavy atom. The van der Waals surface area contributed by atoms with Crippen LogP contribution in [0.25, 0.3) is 11.0 Å². The zero-order valence-electron chi connectivity index (χ0n) is 10.5. The molecule has 1 heterocycles. The van der Waals surface area contributed by atoms with Crippen molar-refractivity contribution in [2.24, 2.45) is 0 Å². The van der Waals surface area contributed by atoms with Crippen LogP contribution in [0.1, 0.15) is 5.69 Å². The van der Waals surface area contributed by atoms with Gasteiger partial charge in [-0.15, -0.1) is 0 Å².